The zero-order valence-electron chi connectivity index (χ0n) is 15.4. The molecule has 3 unspecified atom stereocenters. The van der Waals surface area contributed by atoms with E-state index in [9.17, 15) is 9.59 Å². The van der Waals surface area contributed by atoms with Gasteiger partial charge in [0.05, 0.1) is 10.6 Å². The molecule has 0 spiro atoms. The average molecular weight is 435 g/mol. The van der Waals surface area contributed by atoms with Crippen LogP contribution in [0.2, 0.25) is 10.0 Å². The molecule has 2 amide bonds. The van der Waals surface area contributed by atoms with Gasteiger partial charge in [0, 0.05) is 30.7 Å². The van der Waals surface area contributed by atoms with Gasteiger partial charge in [-0.2, -0.15) is 0 Å². The van der Waals surface area contributed by atoms with E-state index in [2.05, 4.69) is 0 Å². The fraction of sp³-hybridized carbons (Fsp3) is 0.579. The SMILES string of the molecule is CC(N)C1CCCN(C(=O)C2CCCN2C(=O)c2cc(Cl)ccc2Cl)C1.Cl. The molecule has 3 rings (SSSR count). The lowest BCUT2D eigenvalue weighted by Crippen LogP contribution is -2.52. The number of piperidine rings is 1. The second-order valence-corrected chi connectivity index (χ2v) is 8.17. The quantitative estimate of drug-likeness (QED) is 0.790. The zero-order chi connectivity index (χ0) is 18.8. The Morgan fingerprint density at radius 2 is 1.89 bits per heavy atom. The Kier molecular flexibility index (Phi) is 7.81. The lowest BCUT2D eigenvalue weighted by atomic mass is 9.91. The second kappa shape index (κ2) is 9.46. The number of rotatable bonds is 3. The number of carbonyl (C=O) groups is 2. The fourth-order valence-corrected chi connectivity index (χ4v) is 4.30. The molecule has 0 aliphatic carbocycles. The summed E-state index contributed by atoms with van der Waals surface area (Å²) in [7, 11) is 0. The maximum absolute atomic E-state index is 13.1. The number of benzene rings is 1. The molecule has 150 valence electrons. The summed E-state index contributed by atoms with van der Waals surface area (Å²) in [5.74, 6) is 0.120. The van der Waals surface area contributed by atoms with Crippen molar-refractivity contribution in [3.05, 3.63) is 33.8 Å². The predicted molar refractivity (Wildman–Crippen MR) is 111 cm³/mol. The number of halogens is 3. The predicted octanol–water partition coefficient (Wildman–Crippen LogP) is 3.61. The van der Waals surface area contributed by atoms with Gasteiger partial charge in [-0.25, -0.2) is 0 Å². The van der Waals surface area contributed by atoms with Crippen molar-refractivity contribution in [1.29, 1.82) is 0 Å². The molecule has 2 aliphatic heterocycles. The molecule has 2 heterocycles. The number of amides is 2. The van der Waals surface area contributed by atoms with E-state index in [0.29, 0.717) is 41.0 Å². The van der Waals surface area contributed by atoms with Gasteiger partial charge in [0.15, 0.2) is 0 Å². The van der Waals surface area contributed by atoms with Gasteiger partial charge in [-0.15, -0.1) is 12.4 Å². The molecule has 27 heavy (non-hydrogen) atoms. The van der Waals surface area contributed by atoms with E-state index in [1.165, 1.54) is 0 Å². The zero-order valence-corrected chi connectivity index (χ0v) is 17.7. The van der Waals surface area contributed by atoms with Crippen LogP contribution in [0.15, 0.2) is 18.2 Å². The molecule has 0 saturated carbocycles. The van der Waals surface area contributed by atoms with Crippen LogP contribution in [0.3, 0.4) is 0 Å². The van der Waals surface area contributed by atoms with Gasteiger partial charge in [0.25, 0.3) is 5.91 Å². The Balaban J connectivity index is 0.00000261. The maximum Gasteiger partial charge on any atom is 0.256 e. The number of nitrogens with zero attached hydrogens (tertiary/aromatic N) is 2. The Morgan fingerprint density at radius 3 is 2.59 bits per heavy atom. The summed E-state index contributed by atoms with van der Waals surface area (Å²) in [6.07, 6.45) is 3.50. The monoisotopic (exact) mass is 433 g/mol. The molecule has 1 aromatic rings. The number of likely N-dealkylation sites (tertiary alicyclic amines) is 2. The molecule has 0 aromatic heterocycles. The highest BCUT2D eigenvalue weighted by atomic mass is 35.5. The Morgan fingerprint density at radius 1 is 1.19 bits per heavy atom. The third-order valence-corrected chi connectivity index (χ3v) is 6.04. The van der Waals surface area contributed by atoms with Crippen molar-refractivity contribution < 1.29 is 9.59 Å². The first-order valence-corrected chi connectivity index (χ1v) is 9.94. The van der Waals surface area contributed by atoms with E-state index < -0.39 is 6.04 Å². The minimum Gasteiger partial charge on any atom is -0.341 e. The summed E-state index contributed by atoms with van der Waals surface area (Å²) in [5, 5.41) is 0.808. The summed E-state index contributed by atoms with van der Waals surface area (Å²) >= 11 is 12.2. The van der Waals surface area contributed by atoms with Gasteiger partial charge in [-0.3, -0.25) is 9.59 Å². The van der Waals surface area contributed by atoms with Crippen LogP contribution in [0.5, 0.6) is 0 Å². The molecular weight excluding hydrogens is 409 g/mol. The smallest absolute Gasteiger partial charge is 0.256 e. The molecule has 2 aliphatic rings. The molecule has 5 nitrogen and oxygen atoms in total. The fourth-order valence-electron chi connectivity index (χ4n) is 3.93. The van der Waals surface area contributed by atoms with Gasteiger partial charge < -0.3 is 15.5 Å². The minimum absolute atomic E-state index is 0. The topological polar surface area (TPSA) is 66.6 Å². The summed E-state index contributed by atoms with van der Waals surface area (Å²) in [4.78, 5) is 29.6. The first kappa shape index (κ1) is 22.3. The van der Waals surface area contributed by atoms with Crippen molar-refractivity contribution in [3.63, 3.8) is 0 Å². The molecule has 0 radical (unpaired) electrons. The van der Waals surface area contributed by atoms with Crippen LogP contribution in [-0.2, 0) is 4.79 Å². The van der Waals surface area contributed by atoms with E-state index >= 15 is 0 Å². The van der Waals surface area contributed by atoms with Gasteiger partial charge in [0.2, 0.25) is 5.91 Å². The normalized spacial score (nSPS) is 23.7. The third kappa shape index (κ3) is 4.89. The van der Waals surface area contributed by atoms with Crippen LogP contribution in [-0.4, -0.2) is 53.3 Å². The van der Waals surface area contributed by atoms with Crippen LogP contribution in [0, 0.1) is 5.92 Å². The molecular formula is C19H26Cl3N3O2. The number of hydrogen-bond donors (Lipinski definition) is 1. The molecule has 3 atom stereocenters. The first-order valence-electron chi connectivity index (χ1n) is 9.19. The number of hydrogen-bond acceptors (Lipinski definition) is 3. The maximum atomic E-state index is 13.1. The van der Waals surface area contributed by atoms with Crippen LogP contribution in [0.25, 0.3) is 0 Å². The van der Waals surface area contributed by atoms with Gasteiger partial charge >= 0.3 is 0 Å². The van der Waals surface area contributed by atoms with Crippen LogP contribution in [0.1, 0.15) is 43.0 Å². The van der Waals surface area contributed by atoms with Crippen LogP contribution >= 0.6 is 35.6 Å². The Labute approximate surface area is 176 Å². The largest absolute Gasteiger partial charge is 0.341 e. The summed E-state index contributed by atoms with van der Waals surface area (Å²) in [6, 6.07) is 4.47. The Hall–Kier alpha value is -1.01. The summed E-state index contributed by atoms with van der Waals surface area (Å²) < 4.78 is 0. The third-order valence-electron chi connectivity index (χ3n) is 5.47. The van der Waals surface area contributed by atoms with Gasteiger partial charge in [-0.05, 0) is 56.7 Å². The minimum atomic E-state index is -0.427. The van der Waals surface area contributed by atoms with Crippen molar-refractivity contribution >= 4 is 47.4 Å². The van der Waals surface area contributed by atoms with Crippen molar-refractivity contribution in [2.45, 2.75) is 44.7 Å². The highest BCUT2D eigenvalue weighted by Crippen LogP contribution is 2.28. The van der Waals surface area contributed by atoms with E-state index in [0.717, 1.165) is 25.8 Å². The van der Waals surface area contributed by atoms with Crippen molar-refractivity contribution in [2.75, 3.05) is 19.6 Å². The van der Waals surface area contributed by atoms with E-state index in [-0.39, 0.29) is 30.3 Å². The Bertz CT molecular complexity index is 699. The molecule has 0 bridgehead atoms. The second-order valence-electron chi connectivity index (χ2n) is 7.33. The van der Waals surface area contributed by atoms with Crippen LogP contribution < -0.4 is 5.73 Å². The highest BCUT2D eigenvalue weighted by Gasteiger charge is 2.38. The average Bonchev–Trinajstić information content (AvgIpc) is 3.12. The number of carbonyl (C=O) groups excluding carboxylic acids is 2. The first-order chi connectivity index (χ1) is 12.4. The molecule has 8 heteroatoms. The van der Waals surface area contributed by atoms with Gasteiger partial charge in [0.1, 0.15) is 6.04 Å². The summed E-state index contributed by atoms with van der Waals surface area (Å²) in [5.41, 5.74) is 6.39. The van der Waals surface area contributed by atoms with E-state index in [4.69, 9.17) is 28.9 Å². The summed E-state index contributed by atoms with van der Waals surface area (Å²) in [6.45, 7) is 3.96. The van der Waals surface area contributed by atoms with E-state index in [1.807, 2.05) is 11.8 Å². The van der Waals surface area contributed by atoms with E-state index in [1.54, 1.807) is 23.1 Å². The van der Waals surface area contributed by atoms with Crippen molar-refractivity contribution in [1.82, 2.24) is 9.80 Å². The van der Waals surface area contributed by atoms with Crippen molar-refractivity contribution in [2.24, 2.45) is 11.7 Å². The van der Waals surface area contributed by atoms with Gasteiger partial charge in [-0.1, -0.05) is 23.2 Å². The molecule has 1 aromatic carbocycles. The molecule has 2 N–H and O–H groups in total. The van der Waals surface area contributed by atoms with Crippen molar-refractivity contribution in [3.8, 4) is 0 Å². The molecule has 2 fully saturated rings. The highest BCUT2D eigenvalue weighted by molar-refractivity contribution is 6.35. The number of nitrogens with two attached hydrogens (primary N) is 1. The molecule has 2 saturated heterocycles. The van der Waals surface area contributed by atoms with Crippen LogP contribution in [0.4, 0.5) is 0 Å². The lowest BCUT2D eigenvalue weighted by molar-refractivity contribution is -0.137. The standard InChI is InChI=1S/C19H25Cl2N3O2.ClH/c1-12(22)13-4-2-8-23(11-13)19(26)17-5-3-9-24(17)18(25)15-10-14(20)6-7-16(15)21;/h6-7,10,12-13,17H,2-5,8-9,11,22H2,1H3;1H. The lowest BCUT2D eigenvalue weighted by Gasteiger charge is -2.37.